The van der Waals surface area contributed by atoms with E-state index < -0.39 is 0 Å². The van der Waals surface area contributed by atoms with Crippen LogP contribution in [-0.4, -0.2) is 53.0 Å². The summed E-state index contributed by atoms with van der Waals surface area (Å²) in [5.74, 6) is 0.0692. The number of aromatic nitrogens is 1. The summed E-state index contributed by atoms with van der Waals surface area (Å²) < 4.78 is 2.22. The van der Waals surface area contributed by atoms with E-state index in [-0.39, 0.29) is 5.91 Å². The van der Waals surface area contributed by atoms with E-state index in [1.165, 1.54) is 43.6 Å². The Bertz CT molecular complexity index is 764. The van der Waals surface area contributed by atoms with Crippen LogP contribution in [0.5, 0.6) is 0 Å². The van der Waals surface area contributed by atoms with Gasteiger partial charge in [-0.1, -0.05) is 36.8 Å². The van der Waals surface area contributed by atoms with Crippen molar-refractivity contribution < 1.29 is 4.79 Å². The van der Waals surface area contributed by atoms with Gasteiger partial charge in [-0.05, 0) is 50.0 Å². The number of hydrogen-bond acceptors (Lipinski definition) is 3. The van der Waals surface area contributed by atoms with Crippen LogP contribution in [0.1, 0.15) is 47.4 Å². The number of rotatable bonds is 6. The molecule has 0 bridgehead atoms. The van der Waals surface area contributed by atoms with Crippen LogP contribution in [-0.2, 0) is 19.6 Å². The molecule has 2 aliphatic heterocycles. The first-order valence-corrected chi connectivity index (χ1v) is 10.7. The second-order valence-corrected chi connectivity index (χ2v) is 8.07. The number of nitrogens with one attached hydrogen (secondary N) is 1. The maximum absolute atomic E-state index is 12.7. The average molecular weight is 381 g/mol. The SMILES string of the molecule is O=C(NCCN1CCCCC1)c1ccc2n1CCCN(Cc1ccccc1)C2. The summed E-state index contributed by atoms with van der Waals surface area (Å²) in [6.07, 6.45) is 5.00. The highest BCUT2D eigenvalue weighted by molar-refractivity contribution is 5.92. The van der Waals surface area contributed by atoms with E-state index in [0.29, 0.717) is 0 Å². The van der Waals surface area contributed by atoms with E-state index in [1.807, 2.05) is 6.07 Å². The fourth-order valence-electron chi connectivity index (χ4n) is 4.45. The molecule has 0 saturated carbocycles. The molecule has 2 aliphatic rings. The van der Waals surface area contributed by atoms with Crippen LogP contribution < -0.4 is 5.32 Å². The molecular formula is C23H32N4O. The molecule has 0 radical (unpaired) electrons. The van der Waals surface area contributed by atoms with E-state index in [9.17, 15) is 4.79 Å². The van der Waals surface area contributed by atoms with Crippen molar-refractivity contribution in [2.75, 3.05) is 32.7 Å². The Labute approximate surface area is 168 Å². The predicted molar refractivity (Wildman–Crippen MR) is 112 cm³/mol. The van der Waals surface area contributed by atoms with E-state index >= 15 is 0 Å². The third kappa shape index (κ3) is 4.83. The Hall–Kier alpha value is -2.11. The van der Waals surface area contributed by atoms with Gasteiger partial charge in [-0.2, -0.15) is 0 Å². The summed E-state index contributed by atoms with van der Waals surface area (Å²) in [6, 6.07) is 14.8. The van der Waals surface area contributed by atoms with Gasteiger partial charge in [0.25, 0.3) is 5.91 Å². The summed E-state index contributed by atoms with van der Waals surface area (Å²) >= 11 is 0. The highest BCUT2D eigenvalue weighted by atomic mass is 16.1. The summed E-state index contributed by atoms with van der Waals surface area (Å²) in [5, 5.41) is 3.14. The number of fused-ring (bicyclic) bond motifs is 1. The highest BCUT2D eigenvalue weighted by Gasteiger charge is 2.20. The van der Waals surface area contributed by atoms with Gasteiger partial charge in [0.05, 0.1) is 0 Å². The Morgan fingerprint density at radius 1 is 0.857 bits per heavy atom. The van der Waals surface area contributed by atoms with Crippen molar-refractivity contribution in [3.05, 3.63) is 59.4 Å². The van der Waals surface area contributed by atoms with Gasteiger partial charge in [-0.3, -0.25) is 9.69 Å². The van der Waals surface area contributed by atoms with Gasteiger partial charge in [0.15, 0.2) is 0 Å². The Morgan fingerprint density at radius 2 is 1.64 bits per heavy atom. The number of nitrogens with zero attached hydrogens (tertiary/aromatic N) is 3. The Kier molecular flexibility index (Phi) is 6.45. The second-order valence-electron chi connectivity index (χ2n) is 8.07. The number of piperidine rings is 1. The first kappa shape index (κ1) is 19.2. The first-order chi connectivity index (χ1) is 13.8. The number of benzene rings is 1. The molecule has 0 atom stereocenters. The van der Waals surface area contributed by atoms with Gasteiger partial charge in [0.2, 0.25) is 0 Å². The van der Waals surface area contributed by atoms with Crippen LogP contribution in [0.3, 0.4) is 0 Å². The topological polar surface area (TPSA) is 40.5 Å². The molecule has 4 rings (SSSR count). The van der Waals surface area contributed by atoms with Crippen LogP contribution in [0.2, 0.25) is 0 Å². The fraction of sp³-hybridized carbons (Fsp3) is 0.522. The molecule has 0 unspecified atom stereocenters. The molecule has 0 spiro atoms. The molecule has 1 aromatic heterocycles. The number of carbonyl (C=O) groups excluding carboxylic acids is 1. The van der Waals surface area contributed by atoms with Crippen LogP contribution in [0.25, 0.3) is 0 Å². The second kappa shape index (κ2) is 9.39. The molecule has 1 saturated heterocycles. The molecule has 1 N–H and O–H groups in total. The minimum absolute atomic E-state index is 0.0692. The fourth-order valence-corrected chi connectivity index (χ4v) is 4.45. The summed E-state index contributed by atoms with van der Waals surface area (Å²) in [6.45, 7) is 7.89. The lowest BCUT2D eigenvalue weighted by atomic mass is 10.1. The predicted octanol–water partition coefficient (Wildman–Crippen LogP) is 3.11. The zero-order chi connectivity index (χ0) is 19.2. The molecular weight excluding hydrogens is 348 g/mol. The summed E-state index contributed by atoms with van der Waals surface area (Å²) in [7, 11) is 0. The van der Waals surface area contributed by atoms with Crippen LogP contribution in [0.4, 0.5) is 0 Å². The van der Waals surface area contributed by atoms with Crippen molar-refractivity contribution in [3.8, 4) is 0 Å². The van der Waals surface area contributed by atoms with Gasteiger partial charge in [0, 0.05) is 45.0 Å². The van der Waals surface area contributed by atoms with Gasteiger partial charge >= 0.3 is 0 Å². The van der Waals surface area contributed by atoms with Crippen LogP contribution in [0, 0.1) is 0 Å². The van der Waals surface area contributed by atoms with Crippen molar-refractivity contribution in [2.24, 2.45) is 0 Å². The van der Waals surface area contributed by atoms with Gasteiger partial charge < -0.3 is 14.8 Å². The number of carbonyl (C=O) groups is 1. The normalized spacial score (nSPS) is 18.4. The van der Waals surface area contributed by atoms with Crippen LogP contribution >= 0.6 is 0 Å². The standard InChI is InChI=1S/C23H32N4O/c28-23(24-12-17-25-13-5-2-6-14-25)22-11-10-21-19-26(15-7-16-27(21)22)18-20-8-3-1-4-9-20/h1,3-4,8-11H,2,5-7,12-19H2,(H,24,28). The van der Waals surface area contributed by atoms with E-state index in [1.54, 1.807) is 0 Å². The van der Waals surface area contributed by atoms with E-state index in [2.05, 4.69) is 56.1 Å². The number of amides is 1. The van der Waals surface area contributed by atoms with Crippen molar-refractivity contribution >= 4 is 5.91 Å². The molecule has 2 aromatic rings. The summed E-state index contributed by atoms with van der Waals surface area (Å²) in [5.41, 5.74) is 3.41. The lowest BCUT2D eigenvalue weighted by Crippen LogP contribution is -2.38. The molecule has 150 valence electrons. The number of likely N-dealkylation sites (tertiary alicyclic amines) is 1. The minimum atomic E-state index is 0.0692. The van der Waals surface area contributed by atoms with Gasteiger partial charge in [0.1, 0.15) is 5.69 Å². The molecule has 28 heavy (non-hydrogen) atoms. The maximum Gasteiger partial charge on any atom is 0.267 e. The van der Waals surface area contributed by atoms with Crippen molar-refractivity contribution in [1.29, 1.82) is 0 Å². The molecule has 3 heterocycles. The van der Waals surface area contributed by atoms with Crippen molar-refractivity contribution in [3.63, 3.8) is 0 Å². The molecule has 0 aliphatic carbocycles. The third-order valence-electron chi connectivity index (χ3n) is 5.96. The molecule has 5 heteroatoms. The van der Waals surface area contributed by atoms with Crippen LogP contribution in [0.15, 0.2) is 42.5 Å². The lowest BCUT2D eigenvalue weighted by Gasteiger charge is -2.26. The lowest BCUT2D eigenvalue weighted by molar-refractivity contribution is 0.0937. The quantitative estimate of drug-likeness (QED) is 0.837. The molecule has 1 fully saturated rings. The Morgan fingerprint density at radius 3 is 2.46 bits per heavy atom. The maximum atomic E-state index is 12.7. The average Bonchev–Trinajstić information content (AvgIpc) is 3.01. The van der Waals surface area contributed by atoms with Gasteiger partial charge in [-0.15, -0.1) is 0 Å². The largest absolute Gasteiger partial charge is 0.349 e. The highest BCUT2D eigenvalue weighted by Crippen LogP contribution is 2.19. The molecule has 1 amide bonds. The number of hydrogen-bond donors (Lipinski definition) is 1. The van der Waals surface area contributed by atoms with Crippen molar-refractivity contribution in [1.82, 2.24) is 19.7 Å². The van der Waals surface area contributed by atoms with E-state index in [0.717, 1.165) is 51.4 Å². The molecule has 5 nitrogen and oxygen atoms in total. The van der Waals surface area contributed by atoms with Gasteiger partial charge in [-0.25, -0.2) is 0 Å². The van der Waals surface area contributed by atoms with E-state index in [4.69, 9.17) is 0 Å². The van der Waals surface area contributed by atoms with Crippen molar-refractivity contribution in [2.45, 2.75) is 45.3 Å². The minimum Gasteiger partial charge on any atom is -0.349 e. The molecule has 1 aromatic carbocycles. The zero-order valence-electron chi connectivity index (χ0n) is 16.8. The Balaban J connectivity index is 1.33. The monoisotopic (exact) mass is 380 g/mol. The third-order valence-corrected chi connectivity index (χ3v) is 5.96. The first-order valence-electron chi connectivity index (χ1n) is 10.7. The zero-order valence-corrected chi connectivity index (χ0v) is 16.8. The smallest absolute Gasteiger partial charge is 0.267 e. The summed E-state index contributed by atoms with van der Waals surface area (Å²) in [4.78, 5) is 17.7.